The summed E-state index contributed by atoms with van der Waals surface area (Å²) < 4.78 is 11.6. The van der Waals surface area contributed by atoms with Gasteiger partial charge in [0.2, 0.25) is 0 Å². The Hall–Kier alpha value is -2.66. The summed E-state index contributed by atoms with van der Waals surface area (Å²) in [6.45, 7) is 1.27. The molecule has 1 aromatic heterocycles. The van der Waals surface area contributed by atoms with Crippen LogP contribution in [0.15, 0.2) is 60.7 Å². The molecule has 2 N–H and O–H groups in total. The van der Waals surface area contributed by atoms with E-state index in [-0.39, 0.29) is 6.04 Å². The maximum atomic E-state index is 6.26. The molecule has 4 aromatic rings. The Morgan fingerprint density at radius 1 is 1.00 bits per heavy atom. The first kappa shape index (κ1) is 20.3. The van der Waals surface area contributed by atoms with Crippen molar-refractivity contribution in [2.24, 2.45) is 0 Å². The number of halogens is 2. The lowest BCUT2D eigenvalue weighted by molar-refractivity contribution is 0.296. The predicted molar refractivity (Wildman–Crippen MR) is 126 cm³/mol. The lowest BCUT2D eigenvalue weighted by Gasteiger charge is -2.25. The second kappa shape index (κ2) is 8.46. The number of rotatable bonds is 5. The van der Waals surface area contributed by atoms with Gasteiger partial charge in [-0.3, -0.25) is 0 Å². The SMILES string of the molecule is COc1ccc([C@H]2NCCc3c2[nH]c2ccccc32)cc1COc1ccc(Cl)cc1Cl. The molecule has 0 unspecified atom stereocenters. The van der Waals surface area contributed by atoms with E-state index in [4.69, 9.17) is 32.7 Å². The van der Waals surface area contributed by atoms with E-state index in [0.29, 0.717) is 22.4 Å². The molecule has 1 aliphatic heterocycles. The Kier molecular flexibility index (Phi) is 5.53. The molecule has 0 spiro atoms. The molecule has 1 aliphatic rings. The quantitative estimate of drug-likeness (QED) is 0.373. The molecule has 158 valence electrons. The molecule has 6 heteroatoms. The van der Waals surface area contributed by atoms with Gasteiger partial charge in [-0.1, -0.05) is 47.5 Å². The van der Waals surface area contributed by atoms with Crippen LogP contribution in [-0.4, -0.2) is 18.6 Å². The van der Waals surface area contributed by atoms with E-state index in [1.165, 1.54) is 22.2 Å². The number of aromatic nitrogens is 1. The van der Waals surface area contributed by atoms with E-state index in [2.05, 4.69) is 46.7 Å². The molecule has 31 heavy (non-hydrogen) atoms. The van der Waals surface area contributed by atoms with Gasteiger partial charge >= 0.3 is 0 Å². The molecule has 4 nitrogen and oxygen atoms in total. The minimum Gasteiger partial charge on any atom is -0.496 e. The Balaban J connectivity index is 1.47. The lowest BCUT2D eigenvalue weighted by atomic mass is 9.93. The number of ether oxygens (including phenoxy) is 2. The molecule has 0 bridgehead atoms. The van der Waals surface area contributed by atoms with Crippen LogP contribution in [0, 0.1) is 0 Å². The molecule has 0 amide bonds. The first-order valence-corrected chi connectivity index (χ1v) is 11.0. The highest BCUT2D eigenvalue weighted by atomic mass is 35.5. The van der Waals surface area contributed by atoms with Gasteiger partial charge in [0.15, 0.2) is 0 Å². The molecule has 0 radical (unpaired) electrons. The predicted octanol–water partition coefficient (Wildman–Crippen LogP) is 6.30. The van der Waals surface area contributed by atoms with Gasteiger partial charge in [-0.15, -0.1) is 0 Å². The van der Waals surface area contributed by atoms with Crippen molar-refractivity contribution in [3.8, 4) is 11.5 Å². The van der Waals surface area contributed by atoms with Crippen LogP contribution in [0.4, 0.5) is 0 Å². The Labute approximate surface area is 191 Å². The van der Waals surface area contributed by atoms with Crippen LogP contribution in [0.1, 0.15) is 28.4 Å². The summed E-state index contributed by atoms with van der Waals surface area (Å²) in [4.78, 5) is 3.63. The summed E-state index contributed by atoms with van der Waals surface area (Å²) >= 11 is 12.3. The zero-order valence-corrected chi connectivity index (χ0v) is 18.6. The van der Waals surface area contributed by atoms with Gasteiger partial charge in [-0.25, -0.2) is 0 Å². The maximum absolute atomic E-state index is 6.26. The van der Waals surface area contributed by atoms with Gasteiger partial charge in [-0.05, 0) is 53.9 Å². The van der Waals surface area contributed by atoms with E-state index in [9.17, 15) is 0 Å². The number of aromatic amines is 1. The number of fused-ring (bicyclic) bond motifs is 3. The van der Waals surface area contributed by atoms with Gasteiger partial charge in [0, 0.05) is 33.7 Å². The third-order valence-corrected chi connectivity index (χ3v) is 6.30. The van der Waals surface area contributed by atoms with E-state index in [1.54, 1.807) is 25.3 Å². The summed E-state index contributed by atoms with van der Waals surface area (Å²) in [6, 6.07) is 20.0. The van der Waals surface area contributed by atoms with Gasteiger partial charge in [0.1, 0.15) is 18.1 Å². The van der Waals surface area contributed by atoms with Gasteiger partial charge in [0.05, 0.1) is 18.2 Å². The third-order valence-electron chi connectivity index (χ3n) is 5.77. The van der Waals surface area contributed by atoms with Crippen LogP contribution in [0.3, 0.4) is 0 Å². The highest BCUT2D eigenvalue weighted by Crippen LogP contribution is 2.35. The summed E-state index contributed by atoms with van der Waals surface area (Å²) in [5, 5.41) is 6.03. The van der Waals surface area contributed by atoms with Crippen molar-refractivity contribution in [2.75, 3.05) is 13.7 Å². The van der Waals surface area contributed by atoms with Crippen LogP contribution in [-0.2, 0) is 13.0 Å². The van der Waals surface area contributed by atoms with Crippen LogP contribution in [0.2, 0.25) is 10.0 Å². The number of hydrogen-bond donors (Lipinski definition) is 2. The summed E-state index contributed by atoms with van der Waals surface area (Å²) in [5.41, 5.74) is 5.91. The van der Waals surface area contributed by atoms with Crippen LogP contribution in [0.5, 0.6) is 11.5 Å². The van der Waals surface area contributed by atoms with E-state index in [1.807, 2.05) is 6.07 Å². The molecule has 0 aliphatic carbocycles. The summed E-state index contributed by atoms with van der Waals surface area (Å²) in [5.74, 6) is 1.37. The number of hydrogen-bond acceptors (Lipinski definition) is 3. The van der Waals surface area contributed by atoms with Crippen molar-refractivity contribution in [1.29, 1.82) is 0 Å². The number of nitrogens with one attached hydrogen (secondary N) is 2. The fraction of sp³-hybridized carbons (Fsp3) is 0.200. The van der Waals surface area contributed by atoms with Crippen molar-refractivity contribution in [3.05, 3.63) is 93.1 Å². The highest BCUT2D eigenvalue weighted by Gasteiger charge is 2.25. The lowest BCUT2D eigenvalue weighted by Crippen LogP contribution is -2.30. The third kappa shape index (κ3) is 3.87. The Morgan fingerprint density at radius 2 is 1.84 bits per heavy atom. The molecule has 0 saturated heterocycles. The highest BCUT2D eigenvalue weighted by molar-refractivity contribution is 6.35. The Bertz CT molecular complexity index is 1250. The molecular weight excluding hydrogens is 431 g/mol. The van der Waals surface area contributed by atoms with Gasteiger partial charge in [-0.2, -0.15) is 0 Å². The minimum atomic E-state index is 0.0833. The van der Waals surface area contributed by atoms with E-state index < -0.39 is 0 Å². The number of H-pyrrole nitrogens is 1. The van der Waals surface area contributed by atoms with E-state index in [0.717, 1.165) is 29.8 Å². The minimum absolute atomic E-state index is 0.0833. The molecule has 1 atom stereocenters. The average molecular weight is 453 g/mol. The second-order valence-electron chi connectivity index (χ2n) is 7.63. The van der Waals surface area contributed by atoms with Crippen molar-refractivity contribution < 1.29 is 9.47 Å². The molecule has 0 fully saturated rings. The van der Waals surface area contributed by atoms with Crippen LogP contribution >= 0.6 is 23.2 Å². The first-order valence-electron chi connectivity index (χ1n) is 10.2. The van der Waals surface area contributed by atoms with Crippen LogP contribution < -0.4 is 14.8 Å². The normalized spacial score (nSPS) is 15.6. The summed E-state index contributed by atoms with van der Waals surface area (Å²) in [7, 11) is 1.67. The molecule has 2 heterocycles. The average Bonchev–Trinajstić information content (AvgIpc) is 3.17. The first-order chi connectivity index (χ1) is 15.1. The number of para-hydroxylation sites is 1. The monoisotopic (exact) mass is 452 g/mol. The van der Waals surface area contributed by atoms with Crippen LogP contribution in [0.25, 0.3) is 10.9 Å². The van der Waals surface area contributed by atoms with Crippen molar-refractivity contribution in [1.82, 2.24) is 10.3 Å². The topological polar surface area (TPSA) is 46.3 Å². The maximum Gasteiger partial charge on any atom is 0.138 e. The zero-order chi connectivity index (χ0) is 21.4. The molecule has 0 saturated carbocycles. The summed E-state index contributed by atoms with van der Waals surface area (Å²) in [6.07, 6.45) is 1.01. The van der Waals surface area contributed by atoms with Gasteiger partial charge in [0.25, 0.3) is 0 Å². The Morgan fingerprint density at radius 3 is 2.68 bits per heavy atom. The van der Waals surface area contributed by atoms with E-state index >= 15 is 0 Å². The van der Waals surface area contributed by atoms with Crippen molar-refractivity contribution in [2.45, 2.75) is 19.1 Å². The fourth-order valence-corrected chi connectivity index (χ4v) is 4.77. The standard InChI is InChI=1S/C25H22Cl2N2O2/c1-30-22-8-6-15(12-16(22)14-31-23-9-7-17(26)13-20(23)27)24-25-19(10-11-28-24)18-4-2-3-5-21(18)29-25/h2-9,12-13,24,28-29H,10-11,14H2,1H3/t24-/m1/s1. The molecule has 5 rings (SSSR count). The van der Waals surface area contributed by atoms with Gasteiger partial charge < -0.3 is 19.8 Å². The fourth-order valence-electron chi connectivity index (χ4n) is 4.30. The smallest absolute Gasteiger partial charge is 0.138 e. The number of methoxy groups -OCH3 is 1. The number of benzene rings is 3. The molecular formula is C25H22Cl2N2O2. The second-order valence-corrected chi connectivity index (χ2v) is 8.48. The van der Waals surface area contributed by atoms with Crippen molar-refractivity contribution in [3.63, 3.8) is 0 Å². The van der Waals surface area contributed by atoms with Crippen molar-refractivity contribution >= 4 is 34.1 Å². The molecule has 3 aromatic carbocycles. The zero-order valence-electron chi connectivity index (χ0n) is 17.0. The largest absolute Gasteiger partial charge is 0.496 e.